The molecule has 1 aromatic heterocycles. The zero-order valence-corrected chi connectivity index (χ0v) is 14.7. The molecular formula is C20H19ClN2O2. The summed E-state index contributed by atoms with van der Waals surface area (Å²) >= 11 is 6.07. The molecule has 25 heavy (non-hydrogen) atoms. The second-order valence-electron chi connectivity index (χ2n) is 6.08. The maximum Gasteiger partial charge on any atom is 0.251 e. The molecule has 1 heterocycles. The van der Waals surface area contributed by atoms with Gasteiger partial charge in [0.2, 0.25) is 5.91 Å². The average Bonchev–Trinajstić information content (AvgIpc) is 2.59. The molecule has 3 rings (SSSR count). The van der Waals surface area contributed by atoms with Crippen LogP contribution in [0.2, 0.25) is 5.02 Å². The van der Waals surface area contributed by atoms with E-state index in [1.54, 1.807) is 6.07 Å². The lowest BCUT2D eigenvalue weighted by molar-refractivity contribution is -0.121. The number of carbonyl (C=O) groups excluding carboxylic acids is 1. The summed E-state index contributed by atoms with van der Waals surface area (Å²) in [7, 11) is 0. The van der Waals surface area contributed by atoms with Crippen LogP contribution in [-0.4, -0.2) is 10.9 Å². The van der Waals surface area contributed by atoms with Crippen LogP contribution in [0, 0.1) is 6.92 Å². The molecule has 0 aliphatic rings. The van der Waals surface area contributed by atoms with Gasteiger partial charge < -0.3 is 10.3 Å². The lowest BCUT2D eigenvalue weighted by atomic mass is 10.1. The molecule has 4 nitrogen and oxygen atoms in total. The molecule has 0 fully saturated rings. The fourth-order valence-corrected chi connectivity index (χ4v) is 2.93. The quantitative estimate of drug-likeness (QED) is 0.733. The van der Waals surface area contributed by atoms with Crippen molar-refractivity contribution in [3.8, 4) is 0 Å². The van der Waals surface area contributed by atoms with Crippen LogP contribution in [-0.2, 0) is 17.8 Å². The Balaban J connectivity index is 1.64. The molecule has 0 atom stereocenters. The number of aromatic amines is 1. The van der Waals surface area contributed by atoms with Crippen molar-refractivity contribution in [2.24, 2.45) is 0 Å². The number of rotatable bonds is 5. The Morgan fingerprint density at radius 1 is 1.12 bits per heavy atom. The molecule has 0 saturated heterocycles. The van der Waals surface area contributed by atoms with Gasteiger partial charge in [0.1, 0.15) is 0 Å². The molecule has 0 bridgehead atoms. The Labute approximate surface area is 150 Å². The summed E-state index contributed by atoms with van der Waals surface area (Å²) in [5, 5.41) is 4.45. The highest BCUT2D eigenvalue weighted by atomic mass is 35.5. The fraction of sp³-hybridized carbons (Fsp3) is 0.200. The van der Waals surface area contributed by atoms with E-state index in [9.17, 15) is 9.59 Å². The molecule has 0 unspecified atom stereocenters. The van der Waals surface area contributed by atoms with Crippen molar-refractivity contribution in [1.29, 1.82) is 0 Å². The number of hydrogen-bond donors (Lipinski definition) is 2. The molecule has 5 heteroatoms. The Bertz CT molecular complexity index is 979. The smallest absolute Gasteiger partial charge is 0.251 e. The number of carbonyl (C=O) groups is 1. The normalized spacial score (nSPS) is 10.8. The van der Waals surface area contributed by atoms with Crippen LogP contribution in [0.25, 0.3) is 10.9 Å². The molecule has 2 N–H and O–H groups in total. The number of benzene rings is 2. The maximum absolute atomic E-state index is 12.1. The van der Waals surface area contributed by atoms with E-state index in [4.69, 9.17) is 11.6 Å². The van der Waals surface area contributed by atoms with Gasteiger partial charge in [-0.3, -0.25) is 9.59 Å². The molecular weight excluding hydrogens is 336 g/mol. The van der Waals surface area contributed by atoms with Crippen molar-refractivity contribution in [3.63, 3.8) is 0 Å². The largest absolute Gasteiger partial charge is 0.352 e. The van der Waals surface area contributed by atoms with Gasteiger partial charge in [-0.1, -0.05) is 41.4 Å². The topological polar surface area (TPSA) is 62.0 Å². The zero-order valence-electron chi connectivity index (χ0n) is 13.9. The number of pyridine rings is 1. The van der Waals surface area contributed by atoms with Gasteiger partial charge in [-0.15, -0.1) is 0 Å². The van der Waals surface area contributed by atoms with Crippen molar-refractivity contribution in [3.05, 3.63) is 80.6 Å². The lowest BCUT2D eigenvalue weighted by Gasteiger charge is -2.07. The Morgan fingerprint density at radius 3 is 2.72 bits per heavy atom. The number of hydrogen-bond acceptors (Lipinski definition) is 2. The summed E-state index contributed by atoms with van der Waals surface area (Å²) in [6.45, 7) is 2.39. The standard InChI is InChI=1S/C20H19ClN2O2/c1-13-6-8-18-16(10-13)11-14(20(25)23-18)7-9-19(24)22-12-15-4-2-3-5-17(15)21/h2-6,8,10-11H,7,9,12H2,1H3,(H,22,24)(H,23,25). The third-order valence-corrected chi connectivity index (χ3v) is 4.50. The second-order valence-corrected chi connectivity index (χ2v) is 6.49. The summed E-state index contributed by atoms with van der Waals surface area (Å²) in [6, 6.07) is 15.1. The molecule has 0 spiro atoms. The number of fused-ring (bicyclic) bond motifs is 1. The minimum absolute atomic E-state index is 0.108. The third kappa shape index (κ3) is 4.28. The SMILES string of the molecule is Cc1ccc2[nH]c(=O)c(CCC(=O)NCc3ccccc3Cl)cc2c1. The van der Waals surface area contributed by atoms with Gasteiger partial charge in [-0.2, -0.15) is 0 Å². The van der Waals surface area contributed by atoms with E-state index in [0.717, 1.165) is 22.0 Å². The second kappa shape index (κ2) is 7.53. The van der Waals surface area contributed by atoms with E-state index in [0.29, 0.717) is 23.6 Å². The van der Waals surface area contributed by atoms with Gasteiger partial charge in [0.25, 0.3) is 5.56 Å². The highest BCUT2D eigenvalue weighted by Gasteiger charge is 2.08. The number of aryl methyl sites for hydroxylation is 2. The predicted molar refractivity (Wildman–Crippen MR) is 101 cm³/mol. The van der Waals surface area contributed by atoms with Crippen molar-refractivity contribution in [2.45, 2.75) is 26.3 Å². The van der Waals surface area contributed by atoms with Crippen molar-refractivity contribution in [1.82, 2.24) is 10.3 Å². The number of H-pyrrole nitrogens is 1. The highest BCUT2D eigenvalue weighted by Crippen LogP contribution is 2.15. The summed E-state index contributed by atoms with van der Waals surface area (Å²) in [5.74, 6) is -0.108. The van der Waals surface area contributed by atoms with Crippen molar-refractivity contribution in [2.75, 3.05) is 0 Å². The predicted octanol–water partition coefficient (Wildman–Crippen LogP) is 3.74. The monoisotopic (exact) mass is 354 g/mol. The molecule has 0 aliphatic carbocycles. The minimum Gasteiger partial charge on any atom is -0.352 e. The lowest BCUT2D eigenvalue weighted by Crippen LogP contribution is -2.24. The molecule has 128 valence electrons. The molecule has 1 amide bonds. The van der Waals surface area contributed by atoms with E-state index in [-0.39, 0.29) is 17.9 Å². The van der Waals surface area contributed by atoms with E-state index >= 15 is 0 Å². The van der Waals surface area contributed by atoms with E-state index in [1.807, 2.05) is 49.4 Å². The first-order valence-electron chi connectivity index (χ1n) is 8.15. The molecule has 0 saturated carbocycles. The zero-order chi connectivity index (χ0) is 17.8. The van der Waals surface area contributed by atoms with Gasteiger partial charge in [0, 0.05) is 29.1 Å². The van der Waals surface area contributed by atoms with E-state index in [2.05, 4.69) is 10.3 Å². The van der Waals surface area contributed by atoms with Gasteiger partial charge in [-0.05, 0) is 48.6 Å². The summed E-state index contributed by atoms with van der Waals surface area (Å²) in [5.41, 5.74) is 3.28. The molecule has 3 aromatic rings. The molecule has 2 aromatic carbocycles. The van der Waals surface area contributed by atoms with Gasteiger partial charge in [0.15, 0.2) is 0 Å². The van der Waals surface area contributed by atoms with Crippen molar-refractivity contribution >= 4 is 28.4 Å². The summed E-state index contributed by atoms with van der Waals surface area (Å²) in [4.78, 5) is 27.1. The number of amides is 1. The van der Waals surface area contributed by atoms with Gasteiger partial charge in [0.05, 0.1) is 0 Å². The molecule has 0 aliphatic heterocycles. The van der Waals surface area contributed by atoms with Crippen LogP contribution < -0.4 is 10.9 Å². The number of nitrogens with one attached hydrogen (secondary N) is 2. The third-order valence-electron chi connectivity index (χ3n) is 4.13. The van der Waals surface area contributed by atoms with Crippen LogP contribution in [0.4, 0.5) is 0 Å². The van der Waals surface area contributed by atoms with Crippen LogP contribution >= 0.6 is 11.6 Å². The van der Waals surface area contributed by atoms with Crippen LogP contribution in [0.3, 0.4) is 0 Å². The minimum atomic E-state index is -0.143. The molecule has 0 radical (unpaired) electrons. The van der Waals surface area contributed by atoms with Crippen LogP contribution in [0.15, 0.2) is 53.3 Å². The Morgan fingerprint density at radius 2 is 1.92 bits per heavy atom. The average molecular weight is 355 g/mol. The maximum atomic E-state index is 12.1. The Kier molecular flexibility index (Phi) is 5.19. The van der Waals surface area contributed by atoms with Crippen LogP contribution in [0.1, 0.15) is 23.1 Å². The van der Waals surface area contributed by atoms with E-state index in [1.165, 1.54) is 0 Å². The first-order chi connectivity index (χ1) is 12.0. The number of halogens is 1. The Hall–Kier alpha value is -2.59. The van der Waals surface area contributed by atoms with Crippen LogP contribution in [0.5, 0.6) is 0 Å². The van der Waals surface area contributed by atoms with Gasteiger partial charge in [-0.25, -0.2) is 0 Å². The first kappa shape index (κ1) is 17.2. The highest BCUT2D eigenvalue weighted by molar-refractivity contribution is 6.31. The number of aromatic nitrogens is 1. The fourth-order valence-electron chi connectivity index (χ4n) is 2.73. The first-order valence-corrected chi connectivity index (χ1v) is 8.53. The van der Waals surface area contributed by atoms with E-state index < -0.39 is 0 Å². The summed E-state index contributed by atoms with van der Waals surface area (Å²) < 4.78 is 0. The summed E-state index contributed by atoms with van der Waals surface area (Å²) in [6.07, 6.45) is 0.651. The van der Waals surface area contributed by atoms with Gasteiger partial charge >= 0.3 is 0 Å². The van der Waals surface area contributed by atoms with Crippen molar-refractivity contribution < 1.29 is 4.79 Å².